The predicted octanol–water partition coefficient (Wildman–Crippen LogP) is 1.59. The van der Waals surface area contributed by atoms with Gasteiger partial charge in [0.1, 0.15) is 6.04 Å². The molecule has 2 aromatic rings. The first-order valence-corrected chi connectivity index (χ1v) is 11.1. The summed E-state index contributed by atoms with van der Waals surface area (Å²) < 4.78 is 0. The van der Waals surface area contributed by atoms with Gasteiger partial charge in [-0.25, -0.2) is 4.98 Å². The summed E-state index contributed by atoms with van der Waals surface area (Å²) in [6, 6.07) is 5.09. The number of nitrogens with one attached hydrogen (secondary N) is 3. The van der Waals surface area contributed by atoms with Crippen LogP contribution in [0.1, 0.15) is 52.4 Å². The minimum Gasteiger partial charge on any atom is -0.357 e. The van der Waals surface area contributed by atoms with Crippen molar-refractivity contribution in [2.24, 2.45) is 0 Å². The molecule has 3 amide bonds. The van der Waals surface area contributed by atoms with Crippen LogP contribution in [0.4, 0.5) is 5.13 Å². The number of hydrogen-bond donors (Lipinski definition) is 3. The molecular weight excluding hydrogens is 402 g/mol. The molecule has 8 nitrogen and oxygen atoms in total. The van der Waals surface area contributed by atoms with Crippen molar-refractivity contribution >= 4 is 34.2 Å². The fourth-order valence-corrected chi connectivity index (χ4v) is 5.24. The van der Waals surface area contributed by atoms with Crippen LogP contribution in [-0.4, -0.2) is 46.7 Å². The Labute approximate surface area is 178 Å². The van der Waals surface area contributed by atoms with E-state index in [0.29, 0.717) is 31.0 Å². The first-order chi connectivity index (χ1) is 14.6. The summed E-state index contributed by atoms with van der Waals surface area (Å²) in [5.41, 5.74) is 3.73. The van der Waals surface area contributed by atoms with E-state index in [0.717, 1.165) is 41.5 Å². The number of carbonyl (C=O) groups excluding carboxylic acids is 3. The van der Waals surface area contributed by atoms with Crippen molar-refractivity contribution in [2.45, 2.75) is 44.3 Å². The maximum atomic E-state index is 12.9. The smallest absolute Gasteiger partial charge is 0.255 e. The molecule has 2 unspecified atom stereocenters. The number of piperidine rings is 1. The molecule has 3 N–H and O–H groups in total. The van der Waals surface area contributed by atoms with Gasteiger partial charge >= 0.3 is 0 Å². The molecule has 30 heavy (non-hydrogen) atoms. The lowest BCUT2D eigenvalue weighted by molar-refractivity contribution is -0.136. The highest BCUT2D eigenvalue weighted by Crippen LogP contribution is 2.31. The first kappa shape index (κ1) is 19.2. The van der Waals surface area contributed by atoms with Crippen molar-refractivity contribution in [1.29, 1.82) is 0 Å². The molecule has 2 fully saturated rings. The Bertz CT molecular complexity index is 1010. The van der Waals surface area contributed by atoms with Crippen LogP contribution >= 0.6 is 11.3 Å². The minimum absolute atomic E-state index is 0.147. The van der Waals surface area contributed by atoms with E-state index in [1.54, 1.807) is 16.2 Å². The number of rotatable bonds is 5. The van der Waals surface area contributed by atoms with Gasteiger partial charge in [-0.3, -0.25) is 19.7 Å². The molecule has 9 heteroatoms. The fourth-order valence-electron chi connectivity index (χ4n) is 4.45. The summed E-state index contributed by atoms with van der Waals surface area (Å²) in [5.74, 6) is -0.325. The second-order valence-corrected chi connectivity index (χ2v) is 8.82. The highest BCUT2D eigenvalue weighted by Gasteiger charge is 2.39. The topological polar surface area (TPSA) is 103 Å². The van der Waals surface area contributed by atoms with Crippen LogP contribution in [0.2, 0.25) is 0 Å². The lowest BCUT2D eigenvalue weighted by atomic mass is 10.0. The lowest BCUT2D eigenvalue weighted by Crippen LogP contribution is -2.52. The van der Waals surface area contributed by atoms with Gasteiger partial charge in [-0.1, -0.05) is 12.1 Å². The number of thiazole rings is 1. The van der Waals surface area contributed by atoms with Crippen LogP contribution in [0.5, 0.6) is 0 Å². The lowest BCUT2D eigenvalue weighted by Gasteiger charge is -2.29. The van der Waals surface area contributed by atoms with E-state index in [9.17, 15) is 14.4 Å². The second kappa shape index (κ2) is 7.81. The van der Waals surface area contributed by atoms with Crippen molar-refractivity contribution < 1.29 is 14.4 Å². The van der Waals surface area contributed by atoms with Gasteiger partial charge in [0.05, 0.1) is 5.69 Å². The van der Waals surface area contributed by atoms with Crippen LogP contribution in [0, 0.1) is 0 Å². The highest BCUT2D eigenvalue weighted by molar-refractivity contribution is 7.13. The largest absolute Gasteiger partial charge is 0.357 e. The second-order valence-electron chi connectivity index (χ2n) is 7.96. The molecule has 156 valence electrons. The molecule has 0 saturated carbocycles. The van der Waals surface area contributed by atoms with Crippen LogP contribution < -0.4 is 16.0 Å². The Morgan fingerprint density at radius 3 is 2.93 bits per heavy atom. The van der Waals surface area contributed by atoms with E-state index in [1.165, 1.54) is 0 Å². The Balaban J connectivity index is 1.30. The van der Waals surface area contributed by atoms with Crippen molar-refractivity contribution in [3.05, 3.63) is 46.0 Å². The van der Waals surface area contributed by atoms with E-state index in [1.807, 2.05) is 18.2 Å². The SMILES string of the molecule is O=C1CCC(N2Cc3c(CNc4nc(C5CCNC5)cs4)cccc3C2=O)C(=O)N1. The maximum absolute atomic E-state index is 12.9. The number of nitrogens with zero attached hydrogens (tertiary/aromatic N) is 2. The summed E-state index contributed by atoms with van der Waals surface area (Å²) in [5, 5.41) is 12.1. The number of amides is 3. The van der Waals surface area contributed by atoms with Gasteiger partial charge in [0.25, 0.3) is 5.91 Å². The molecule has 0 aliphatic carbocycles. The maximum Gasteiger partial charge on any atom is 0.255 e. The number of carbonyl (C=O) groups is 3. The van der Waals surface area contributed by atoms with Gasteiger partial charge in [0.2, 0.25) is 11.8 Å². The van der Waals surface area contributed by atoms with Crippen LogP contribution in [-0.2, 0) is 22.7 Å². The standard InChI is InChI=1S/C21H23N5O3S/c27-18-5-4-17(19(28)25-18)26-10-15-12(2-1-3-14(15)20(26)29)9-23-21-24-16(11-30-21)13-6-7-22-8-13/h1-3,11,13,17,22H,4-10H2,(H,23,24)(H,25,27,28). The van der Waals surface area contributed by atoms with E-state index in [4.69, 9.17) is 4.98 Å². The molecule has 3 aliphatic heterocycles. The van der Waals surface area contributed by atoms with Gasteiger partial charge in [0.15, 0.2) is 5.13 Å². The van der Waals surface area contributed by atoms with Crippen LogP contribution in [0.15, 0.2) is 23.6 Å². The molecular formula is C21H23N5O3S. The Morgan fingerprint density at radius 2 is 2.13 bits per heavy atom. The molecule has 1 aromatic carbocycles. The average molecular weight is 426 g/mol. The molecule has 4 heterocycles. The quantitative estimate of drug-likeness (QED) is 0.629. The summed E-state index contributed by atoms with van der Waals surface area (Å²) in [7, 11) is 0. The monoisotopic (exact) mass is 425 g/mol. The third kappa shape index (κ3) is 3.48. The van der Waals surface area contributed by atoms with E-state index < -0.39 is 6.04 Å². The van der Waals surface area contributed by atoms with Gasteiger partial charge < -0.3 is 15.5 Å². The summed E-state index contributed by atoms with van der Waals surface area (Å²) in [4.78, 5) is 42.9. The highest BCUT2D eigenvalue weighted by atomic mass is 32.1. The molecule has 0 radical (unpaired) electrons. The Hall–Kier alpha value is -2.78. The molecule has 2 saturated heterocycles. The first-order valence-electron chi connectivity index (χ1n) is 10.3. The van der Waals surface area contributed by atoms with Crippen molar-refractivity contribution in [3.63, 3.8) is 0 Å². The summed E-state index contributed by atoms with van der Waals surface area (Å²) in [6.07, 6.45) is 1.75. The number of hydrogen-bond acceptors (Lipinski definition) is 7. The molecule has 0 bridgehead atoms. The fraction of sp³-hybridized carbons (Fsp3) is 0.429. The molecule has 1 aromatic heterocycles. The zero-order valence-electron chi connectivity index (χ0n) is 16.4. The number of aromatic nitrogens is 1. The molecule has 5 rings (SSSR count). The molecule has 2 atom stereocenters. The minimum atomic E-state index is -0.593. The van der Waals surface area contributed by atoms with Crippen LogP contribution in [0.3, 0.4) is 0 Å². The zero-order chi connectivity index (χ0) is 20.7. The zero-order valence-corrected chi connectivity index (χ0v) is 17.3. The summed E-state index contributed by atoms with van der Waals surface area (Å²) in [6.45, 7) is 2.97. The normalized spacial score (nSPS) is 23.6. The third-order valence-corrected chi connectivity index (χ3v) is 6.93. The van der Waals surface area contributed by atoms with Crippen LogP contribution in [0.25, 0.3) is 0 Å². The predicted molar refractivity (Wildman–Crippen MR) is 112 cm³/mol. The average Bonchev–Trinajstić information content (AvgIpc) is 3.47. The van der Waals surface area contributed by atoms with E-state index in [-0.39, 0.29) is 24.1 Å². The van der Waals surface area contributed by atoms with Crippen molar-refractivity contribution in [2.75, 3.05) is 18.4 Å². The molecule has 3 aliphatic rings. The number of imide groups is 1. The van der Waals surface area contributed by atoms with Gasteiger partial charge in [-0.2, -0.15) is 0 Å². The van der Waals surface area contributed by atoms with Gasteiger partial charge in [-0.05, 0) is 36.6 Å². The Morgan fingerprint density at radius 1 is 1.23 bits per heavy atom. The number of benzene rings is 1. The number of fused-ring (bicyclic) bond motifs is 1. The molecule has 0 spiro atoms. The Kier molecular flexibility index (Phi) is 5.00. The van der Waals surface area contributed by atoms with Crippen molar-refractivity contribution in [3.8, 4) is 0 Å². The summed E-state index contributed by atoms with van der Waals surface area (Å²) >= 11 is 1.60. The van der Waals surface area contributed by atoms with Gasteiger partial charge in [-0.15, -0.1) is 11.3 Å². The van der Waals surface area contributed by atoms with Crippen molar-refractivity contribution in [1.82, 2.24) is 20.5 Å². The van der Waals surface area contributed by atoms with E-state index in [2.05, 4.69) is 21.3 Å². The number of anilines is 1. The van der Waals surface area contributed by atoms with E-state index >= 15 is 0 Å². The van der Waals surface area contributed by atoms with Gasteiger partial charge in [0, 0.05) is 42.9 Å². The third-order valence-electron chi connectivity index (χ3n) is 6.11.